The smallest absolute Gasteiger partial charge is 0.125 e. The van der Waals surface area contributed by atoms with Crippen molar-refractivity contribution >= 4 is 15.9 Å². The predicted octanol–water partition coefficient (Wildman–Crippen LogP) is 2.70. The topological polar surface area (TPSA) is 49.7 Å². The van der Waals surface area contributed by atoms with Crippen molar-refractivity contribution in [2.75, 3.05) is 19.8 Å². The number of hydrogen-bond acceptors (Lipinski definition) is 3. The highest BCUT2D eigenvalue weighted by molar-refractivity contribution is 9.10. The van der Waals surface area contributed by atoms with Crippen LogP contribution in [0.3, 0.4) is 0 Å². The van der Waals surface area contributed by atoms with Gasteiger partial charge >= 0.3 is 0 Å². The van der Waals surface area contributed by atoms with Gasteiger partial charge in [-0.25, -0.2) is 0 Å². The van der Waals surface area contributed by atoms with E-state index >= 15 is 0 Å². The fourth-order valence-electron chi connectivity index (χ4n) is 2.82. The summed E-state index contributed by atoms with van der Waals surface area (Å²) in [4.78, 5) is 0. The molecule has 4 heteroatoms. The summed E-state index contributed by atoms with van der Waals surface area (Å²) in [6.45, 7) is 2.79. The summed E-state index contributed by atoms with van der Waals surface area (Å²) in [5.41, 5.74) is 1.85. The van der Waals surface area contributed by atoms with E-state index in [0.717, 1.165) is 41.7 Å². The summed E-state index contributed by atoms with van der Waals surface area (Å²) < 4.78 is 6.75. The summed E-state index contributed by atoms with van der Waals surface area (Å²) >= 11 is 3.53. The van der Waals surface area contributed by atoms with Crippen LogP contribution in [0.2, 0.25) is 0 Å². The molecule has 2 rings (SSSR count). The molecule has 0 aromatic heterocycles. The van der Waals surface area contributed by atoms with Crippen LogP contribution in [0.25, 0.3) is 0 Å². The molecule has 0 radical (unpaired) electrons. The van der Waals surface area contributed by atoms with E-state index in [1.807, 2.05) is 6.07 Å². The minimum Gasteiger partial charge on any atom is -0.493 e. The molecule has 1 aliphatic heterocycles. The largest absolute Gasteiger partial charge is 0.493 e. The van der Waals surface area contributed by atoms with Gasteiger partial charge in [0.2, 0.25) is 0 Å². The van der Waals surface area contributed by atoms with Crippen molar-refractivity contribution in [3.05, 3.63) is 27.7 Å². The Kier molecular flexibility index (Phi) is 4.87. The van der Waals surface area contributed by atoms with Gasteiger partial charge in [0.05, 0.1) is 19.8 Å². The first-order valence-corrected chi connectivity index (χ1v) is 7.59. The van der Waals surface area contributed by atoms with Crippen LogP contribution in [-0.4, -0.2) is 30.0 Å². The van der Waals surface area contributed by atoms with Crippen molar-refractivity contribution in [2.24, 2.45) is 5.41 Å². The van der Waals surface area contributed by atoms with Crippen molar-refractivity contribution in [3.63, 3.8) is 0 Å². The van der Waals surface area contributed by atoms with Crippen LogP contribution in [0.15, 0.2) is 16.6 Å². The van der Waals surface area contributed by atoms with Crippen molar-refractivity contribution < 1.29 is 14.9 Å². The Hall–Kier alpha value is -0.580. The van der Waals surface area contributed by atoms with E-state index in [0.29, 0.717) is 6.42 Å². The van der Waals surface area contributed by atoms with Crippen LogP contribution in [0.1, 0.15) is 30.9 Å². The van der Waals surface area contributed by atoms with E-state index in [9.17, 15) is 10.2 Å². The van der Waals surface area contributed by atoms with E-state index in [-0.39, 0.29) is 13.2 Å². The first kappa shape index (κ1) is 14.8. The summed E-state index contributed by atoms with van der Waals surface area (Å²) in [5.74, 6) is 0.950. The Bertz CT molecular complexity index is 441. The molecular weight excluding hydrogens is 308 g/mol. The van der Waals surface area contributed by atoms with E-state index < -0.39 is 5.41 Å². The minimum atomic E-state index is -0.449. The van der Waals surface area contributed by atoms with Gasteiger partial charge in [-0.05, 0) is 36.1 Å². The summed E-state index contributed by atoms with van der Waals surface area (Å²) in [5, 5.41) is 19.3. The molecule has 0 saturated heterocycles. The molecule has 3 nitrogen and oxygen atoms in total. The quantitative estimate of drug-likeness (QED) is 0.844. The molecule has 0 atom stereocenters. The molecule has 1 aromatic rings. The zero-order valence-corrected chi connectivity index (χ0v) is 12.9. The third-order valence-electron chi connectivity index (χ3n) is 3.84. The highest BCUT2D eigenvalue weighted by Crippen LogP contribution is 2.38. The van der Waals surface area contributed by atoms with Gasteiger partial charge in [0.15, 0.2) is 0 Å². The lowest BCUT2D eigenvalue weighted by atomic mass is 9.79. The maximum absolute atomic E-state index is 9.67. The maximum Gasteiger partial charge on any atom is 0.125 e. The van der Waals surface area contributed by atoms with Gasteiger partial charge in [0.1, 0.15) is 5.75 Å². The summed E-state index contributed by atoms with van der Waals surface area (Å²) in [6, 6.07) is 4.13. The zero-order chi connectivity index (χ0) is 13.9. The minimum absolute atomic E-state index is 0.00136. The lowest BCUT2D eigenvalue weighted by molar-refractivity contribution is 0.0461. The highest BCUT2D eigenvalue weighted by Gasteiger charge is 2.31. The first-order valence-electron chi connectivity index (χ1n) is 6.80. The standard InChI is InChI=1S/C15H21BrO3/c1-2-4-15(9-17,10-18)8-12-7-13(16)6-11-3-5-19-14(11)12/h6-7,17-18H,2-5,8-10H2,1H3. The Balaban J connectivity index is 2.31. The van der Waals surface area contributed by atoms with Crippen LogP contribution < -0.4 is 4.74 Å². The van der Waals surface area contributed by atoms with Crippen LogP contribution >= 0.6 is 15.9 Å². The molecule has 0 bridgehead atoms. The van der Waals surface area contributed by atoms with Gasteiger partial charge in [-0.3, -0.25) is 0 Å². The Morgan fingerprint density at radius 1 is 1.32 bits per heavy atom. The maximum atomic E-state index is 9.67. The highest BCUT2D eigenvalue weighted by atomic mass is 79.9. The monoisotopic (exact) mass is 328 g/mol. The van der Waals surface area contributed by atoms with Crippen molar-refractivity contribution in [1.82, 2.24) is 0 Å². The summed E-state index contributed by atoms with van der Waals surface area (Å²) in [7, 11) is 0. The second-order valence-electron chi connectivity index (χ2n) is 5.39. The zero-order valence-electron chi connectivity index (χ0n) is 11.3. The third-order valence-corrected chi connectivity index (χ3v) is 4.30. The number of aliphatic hydroxyl groups excluding tert-OH is 2. The predicted molar refractivity (Wildman–Crippen MR) is 78.6 cm³/mol. The lowest BCUT2D eigenvalue weighted by Crippen LogP contribution is -2.32. The molecular formula is C15H21BrO3. The molecule has 0 unspecified atom stereocenters. The van der Waals surface area contributed by atoms with E-state index in [2.05, 4.69) is 28.9 Å². The van der Waals surface area contributed by atoms with Crippen molar-refractivity contribution in [2.45, 2.75) is 32.6 Å². The van der Waals surface area contributed by atoms with Crippen LogP contribution in [0.5, 0.6) is 5.75 Å². The molecule has 1 aliphatic rings. The fourth-order valence-corrected chi connectivity index (χ4v) is 3.37. The second kappa shape index (κ2) is 6.25. The number of rotatable bonds is 6. The SMILES string of the molecule is CCCC(CO)(CO)Cc1cc(Br)cc2c1OCC2. The molecule has 0 saturated carbocycles. The van der Waals surface area contributed by atoms with Gasteiger partial charge in [0.25, 0.3) is 0 Å². The van der Waals surface area contributed by atoms with Crippen LogP contribution in [0, 0.1) is 5.41 Å². The Labute approximate surface area is 122 Å². The van der Waals surface area contributed by atoms with Crippen molar-refractivity contribution in [1.29, 1.82) is 0 Å². The molecule has 0 amide bonds. The van der Waals surface area contributed by atoms with Crippen LogP contribution in [0.4, 0.5) is 0 Å². The molecule has 1 aromatic carbocycles. The van der Waals surface area contributed by atoms with Crippen molar-refractivity contribution in [3.8, 4) is 5.75 Å². The van der Waals surface area contributed by atoms with E-state index in [4.69, 9.17) is 4.74 Å². The molecule has 0 fully saturated rings. The molecule has 0 spiro atoms. The van der Waals surface area contributed by atoms with Gasteiger partial charge in [-0.15, -0.1) is 0 Å². The number of aliphatic hydroxyl groups is 2. The lowest BCUT2D eigenvalue weighted by Gasteiger charge is -2.30. The van der Waals surface area contributed by atoms with Gasteiger partial charge in [-0.1, -0.05) is 29.3 Å². The summed E-state index contributed by atoms with van der Waals surface area (Å²) in [6.07, 6.45) is 3.33. The fraction of sp³-hybridized carbons (Fsp3) is 0.600. The number of fused-ring (bicyclic) bond motifs is 1. The van der Waals surface area contributed by atoms with Gasteiger partial charge in [0, 0.05) is 16.3 Å². The van der Waals surface area contributed by atoms with Gasteiger partial charge in [-0.2, -0.15) is 0 Å². The number of benzene rings is 1. The number of hydrogen-bond donors (Lipinski definition) is 2. The molecule has 2 N–H and O–H groups in total. The van der Waals surface area contributed by atoms with E-state index in [1.54, 1.807) is 0 Å². The van der Waals surface area contributed by atoms with E-state index in [1.165, 1.54) is 5.56 Å². The molecule has 106 valence electrons. The first-order chi connectivity index (χ1) is 9.14. The molecule has 19 heavy (non-hydrogen) atoms. The number of ether oxygens (including phenoxy) is 1. The second-order valence-corrected chi connectivity index (χ2v) is 6.31. The Morgan fingerprint density at radius 2 is 2.05 bits per heavy atom. The molecule has 0 aliphatic carbocycles. The number of halogens is 1. The van der Waals surface area contributed by atoms with Gasteiger partial charge < -0.3 is 14.9 Å². The third kappa shape index (κ3) is 3.12. The average Bonchev–Trinajstić information content (AvgIpc) is 2.86. The normalized spacial score (nSPS) is 14.3. The molecule has 1 heterocycles. The Morgan fingerprint density at radius 3 is 2.68 bits per heavy atom. The van der Waals surface area contributed by atoms with Crippen LogP contribution in [-0.2, 0) is 12.8 Å². The average molecular weight is 329 g/mol.